The van der Waals surface area contributed by atoms with Crippen molar-refractivity contribution in [1.29, 1.82) is 0 Å². The molecule has 1 unspecified atom stereocenters. The number of nitrogens with zero attached hydrogens (tertiary/aromatic N) is 3. The van der Waals surface area contributed by atoms with Crippen LogP contribution in [0.3, 0.4) is 0 Å². The molecule has 0 radical (unpaired) electrons. The molecule has 1 aromatic heterocycles. The molecule has 0 aliphatic rings. The Labute approximate surface area is 88.9 Å². The lowest BCUT2D eigenvalue weighted by Gasteiger charge is -2.06. The number of nitrogens with two attached hydrogens (primary N) is 1. The number of aromatic nitrogens is 3. The van der Waals surface area contributed by atoms with Crippen molar-refractivity contribution < 1.29 is 4.79 Å². The number of rotatable bonds is 5. The Kier molecular flexibility index (Phi) is 4.23. The van der Waals surface area contributed by atoms with Crippen LogP contribution in [0.1, 0.15) is 25.6 Å². The highest BCUT2D eigenvalue weighted by molar-refractivity contribution is 5.75. The van der Waals surface area contributed by atoms with E-state index in [0.717, 1.165) is 5.82 Å². The molecule has 0 saturated carbocycles. The highest BCUT2D eigenvalue weighted by Gasteiger charge is 2.05. The van der Waals surface area contributed by atoms with E-state index in [4.69, 9.17) is 5.73 Å². The summed E-state index contributed by atoms with van der Waals surface area (Å²) in [7, 11) is 1.84. The second-order valence-corrected chi connectivity index (χ2v) is 3.65. The lowest BCUT2D eigenvalue weighted by molar-refractivity contribution is -0.121. The molecule has 0 spiro atoms. The Morgan fingerprint density at radius 2 is 2.47 bits per heavy atom. The Morgan fingerprint density at radius 3 is 3.00 bits per heavy atom. The Hall–Kier alpha value is -1.43. The Bertz CT molecular complexity index is 320. The van der Waals surface area contributed by atoms with E-state index < -0.39 is 0 Å². The summed E-state index contributed by atoms with van der Waals surface area (Å²) in [5, 5.41) is 10.3. The van der Waals surface area contributed by atoms with Gasteiger partial charge in [-0.05, 0) is 13.3 Å². The van der Waals surface area contributed by atoms with Gasteiger partial charge in [0.1, 0.15) is 6.33 Å². The molecule has 0 aliphatic heterocycles. The zero-order valence-corrected chi connectivity index (χ0v) is 9.10. The van der Waals surface area contributed by atoms with Gasteiger partial charge in [0.2, 0.25) is 5.91 Å². The summed E-state index contributed by atoms with van der Waals surface area (Å²) in [6.45, 7) is 2.30. The minimum Gasteiger partial charge on any atom is -0.349 e. The highest BCUT2D eigenvalue weighted by Crippen LogP contribution is 1.95. The molecule has 0 aromatic carbocycles. The standard InChI is InChI=1S/C9H17N5O/c1-7(10)3-4-9(15)11-5-8-13-12-6-14(8)2/h6-7H,3-5,10H2,1-2H3,(H,11,15). The van der Waals surface area contributed by atoms with Gasteiger partial charge in [0.15, 0.2) is 5.82 Å². The molecule has 1 amide bonds. The number of carbonyl (C=O) groups excluding carboxylic acids is 1. The van der Waals surface area contributed by atoms with Crippen LogP contribution in [0.2, 0.25) is 0 Å². The second kappa shape index (κ2) is 5.45. The van der Waals surface area contributed by atoms with Crippen LogP contribution >= 0.6 is 0 Å². The number of hydrogen-bond donors (Lipinski definition) is 2. The van der Waals surface area contributed by atoms with Crippen molar-refractivity contribution >= 4 is 5.91 Å². The molecular weight excluding hydrogens is 194 g/mol. The van der Waals surface area contributed by atoms with E-state index in [1.54, 1.807) is 10.9 Å². The quantitative estimate of drug-likeness (QED) is 0.691. The summed E-state index contributed by atoms with van der Waals surface area (Å²) in [4.78, 5) is 11.3. The monoisotopic (exact) mass is 211 g/mol. The molecule has 84 valence electrons. The molecule has 1 heterocycles. The second-order valence-electron chi connectivity index (χ2n) is 3.65. The van der Waals surface area contributed by atoms with E-state index in [1.165, 1.54) is 0 Å². The maximum atomic E-state index is 11.3. The topological polar surface area (TPSA) is 85.8 Å². The summed E-state index contributed by atoms with van der Waals surface area (Å²) >= 11 is 0. The summed E-state index contributed by atoms with van der Waals surface area (Å²) in [5.74, 6) is 0.736. The van der Waals surface area contributed by atoms with Crippen molar-refractivity contribution in [2.24, 2.45) is 12.8 Å². The molecule has 6 nitrogen and oxygen atoms in total. The minimum absolute atomic E-state index is 0.00435. The van der Waals surface area contributed by atoms with Crippen LogP contribution in [-0.2, 0) is 18.4 Å². The zero-order chi connectivity index (χ0) is 11.3. The summed E-state index contributed by atoms with van der Waals surface area (Å²) in [6.07, 6.45) is 2.75. The number of nitrogens with one attached hydrogen (secondary N) is 1. The summed E-state index contributed by atoms with van der Waals surface area (Å²) in [6, 6.07) is 0.0607. The Balaban J connectivity index is 2.26. The number of carbonyl (C=O) groups is 1. The largest absolute Gasteiger partial charge is 0.349 e. The molecule has 0 aliphatic carbocycles. The van der Waals surface area contributed by atoms with Crippen LogP contribution in [0.5, 0.6) is 0 Å². The molecule has 1 rings (SSSR count). The molecule has 1 atom stereocenters. The third-order valence-corrected chi connectivity index (χ3v) is 2.08. The first kappa shape index (κ1) is 11.6. The van der Waals surface area contributed by atoms with Crippen LogP contribution in [0.15, 0.2) is 6.33 Å². The fourth-order valence-corrected chi connectivity index (χ4v) is 1.09. The van der Waals surface area contributed by atoms with Crippen LogP contribution in [0, 0.1) is 0 Å². The van der Waals surface area contributed by atoms with Crippen molar-refractivity contribution in [3.8, 4) is 0 Å². The predicted molar refractivity (Wildman–Crippen MR) is 55.7 cm³/mol. The lowest BCUT2D eigenvalue weighted by atomic mass is 10.2. The van der Waals surface area contributed by atoms with Gasteiger partial charge in [-0.15, -0.1) is 10.2 Å². The van der Waals surface area contributed by atoms with Crippen molar-refractivity contribution in [3.63, 3.8) is 0 Å². The average Bonchev–Trinajstić information content (AvgIpc) is 2.58. The van der Waals surface area contributed by atoms with E-state index in [0.29, 0.717) is 19.4 Å². The predicted octanol–water partition coefficient (Wildman–Crippen LogP) is -0.441. The fraction of sp³-hybridized carbons (Fsp3) is 0.667. The van der Waals surface area contributed by atoms with Crippen molar-refractivity contribution in [1.82, 2.24) is 20.1 Å². The Morgan fingerprint density at radius 1 is 1.73 bits per heavy atom. The average molecular weight is 211 g/mol. The normalized spacial score (nSPS) is 12.5. The molecule has 0 fully saturated rings. The molecule has 3 N–H and O–H groups in total. The number of hydrogen-bond acceptors (Lipinski definition) is 4. The van der Waals surface area contributed by atoms with Crippen molar-refractivity contribution in [2.45, 2.75) is 32.4 Å². The van der Waals surface area contributed by atoms with Gasteiger partial charge in [-0.2, -0.15) is 0 Å². The third-order valence-electron chi connectivity index (χ3n) is 2.08. The smallest absolute Gasteiger partial charge is 0.220 e. The minimum atomic E-state index is -0.00435. The summed E-state index contributed by atoms with van der Waals surface area (Å²) in [5.41, 5.74) is 5.55. The first-order chi connectivity index (χ1) is 7.09. The van der Waals surface area contributed by atoms with Gasteiger partial charge < -0.3 is 15.6 Å². The molecule has 15 heavy (non-hydrogen) atoms. The van der Waals surface area contributed by atoms with Crippen LogP contribution in [-0.4, -0.2) is 26.7 Å². The molecule has 0 saturated heterocycles. The molecule has 0 bridgehead atoms. The van der Waals surface area contributed by atoms with E-state index in [-0.39, 0.29) is 11.9 Å². The van der Waals surface area contributed by atoms with Gasteiger partial charge in [0, 0.05) is 19.5 Å². The van der Waals surface area contributed by atoms with Gasteiger partial charge in [0.05, 0.1) is 6.54 Å². The van der Waals surface area contributed by atoms with Gasteiger partial charge in [-0.3, -0.25) is 4.79 Å². The SMILES string of the molecule is CC(N)CCC(=O)NCc1nncn1C. The first-order valence-corrected chi connectivity index (χ1v) is 4.94. The van der Waals surface area contributed by atoms with E-state index in [2.05, 4.69) is 15.5 Å². The van der Waals surface area contributed by atoms with Crippen molar-refractivity contribution in [2.75, 3.05) is 0 Å². The van der Waals surface area contributed by atoms with Gasteiger partial charge in [0.25, 0.3) is 0 Å². The van der Waals surface area contributed by atoms with Gasteiger partial charge >= 0.3 is 0 Å². The van der Waals surface area contributed by atoms with Crippen LogP contribution < -0.4 is 11.1 Å². The van der Waals surface area contributed by atoms with E-state index in [9.17, 15) is 4.79 Å². The van der Waals surface area contributed by atoms with E-state index >= 15 is 0 Å². The summed E-state index contributed by atoms with van der Waals surface area (Å²) < 4.78 is 1.77. The van der Waals surface area contributed by atoms with E-state index in [1.807, 2.05) is 14.0 Å². The van der Waals surface area contributed by atoms with Gasteiger partial charge in [-0.25, -0.2) is 0 Å². The number of aryl methyl sites for hydroxylation is 1. The zero-order valence-electron chi connectivity index (χ0n) is 9.10. The third kappa shape index (κ3) is 4.07. The van der Waals surface area contributed by atoms with Crippen LogP contribution in [0.4, 0.5) is 0 Å². The fourth-order valence-electron chi connectivity index (χ4n) is 1.09. The maximum Gasteiger partial charge on any atom is 0.220 e. The maximum absolute atomic E-state index is 11.3. The van der Waals surface area contributed by atoms with Gasteiger partial charge in [-0.1, -0.05) is 0 Å². The molecule has 6 heteroatoms. The van der Waals surface area contributed by atoms with Crippen LogP contribution in [0.25, 0.3) is 0 Å². The highest BCUT2D eigenvalue weighted by atomic mass is 16.1. The first-order valence-electron chi connectivity index (χ1n) is 4.94. The molecule has 1 aromatic rings. The van der Waals surface area contributed by atoms with Crippen molar-refractivity contribution in [3.05, 3.63) is 12.2 Å². The molecular formula is C9H17N5O. The lowest BCUT2D eigenvalue weighted by Crippen LogP contribution is -2.26. The number of amides is 1.